The lowest BCUT2D eigenvalue weighted by Gasteiger charge is -2.13. The molecule has 2 aliphatic heterocycles. The van der Waals surface area contributed by atoms with Crippen LogP contribution < -0.4 is 20.1 Å². The first-order chi connectivity index (χ1) is 15.1. The van der Waals surface area contributed by atoms with E-state index in [2.05, 4.69) is 26.8 Å². The summed E-state index contributed by atoms with van der Waals surface area (Å²) in [4.78, 5) is 25.2. The van der Waals surface area contributed by atoms with Gasteiger partial charge in [-0.25, -0.2) is 0 Å². The lowest BCUT2D eigenvalue weighted by atomic mass is 10.0. The second-order valence-electron chi connectivity index (χ2n) is 7.35. The van der Waals surface area contributed by atoms with E-state index < -0.39 is 5.66 Å². The van der Waals surface area contributed by atoms with E-state index in [-0.39, 0.29) is 25.0 Å². The van der Waals surface area contributed by atoms with Crippen molar-refractivity contribution in [1.29, 1.82) is 0 Å². The zero-order valence-corrected chi connectivity index (χ0v) is 16.9. The Balaban J connectivity index is 1.32. The van der Waals surface area contributed by atoms with Crippen molar-refractivity contribution in [2.45, 2.75) is 37.9 Å². The standard InChI is InChI=1S/C23H22N4O4/c1-2-3-11-23(26-27-23)12-10-21(28)25-18-7-5-4-6-17(18)22(29)24-14-16-8-9-19-20(13-16)31-15-30-19/h1,4-9,13H,3,10-12,14-15H2,(H,24,29)(H,25,28). The van der Waals surface area contributed by atoms with Gasteiger partial charge in [-0.15, -0.1) is 12.3 Å². The van der Waals surface area contributed by atoms with Gasteiger partial charge in [-0.3, -0.25) is 9.59 Å². The number of rotatable bonds is 9. The van der Waals surface area contributed by atoms with Crippen molar-refractivity contribution in [3.8, 4) is 23.8 Å². The smallest absolute Gasteiger partial charge is 0.253 e. The Morgan fingerprint density at radius 2 is 1.90 bits per heavy atom. The summed E-state index contributed by atoms with van der Waals surface area (Å²) in [5, 5.41) is 13.8. The fourth-order valence-electron chi connectivity index (χ4n) is 3.31. The lowest BCUT2D eigenvalue weighted by Crippen LogP contribution is -2.25. The first-order valence-corrected chi connectivity index (χ1v) is 10.0. The SMILES string of the molecule is C#CCCC1(CCC(=O)Nc2ccccc2C(=O)NCc2ccc3c(c2)OCO3)N=N1. The molecule has 8 nitrogen and oxygen atoms in total. The number of fused-ring (bicyclic) bond motifs is 1. The quantitative estimate of drug-likeness (QED) is 0.607. The Bertz CT molecular complexity index is 1070. The molecule has 0 saturated heterocycles. The minimum absolute atomic E-state index is 0.200. The Morgan fingerprint density at radius 3 is 2.71 bits per heavy atom. The molecule has 0 spiro atoms. The predicted molar refractivity (Wildman–Crippen MR) is 114 cm³/mol. The van der Waals surface area contributed by atoms with E-state index >= 15 is 0 Å². The lowest BCUT2D eigenvalue weighted by molar-refractivity contribution is -0.116. The predicted octanol–water partition coefficient (Wildman–Crippen LogP) is 3.64. The molecule has 8 heteroatoms. The number of ether oxygens (including phenoxy) is 2. The number of hydrogen-bond donors (Lipinski definition) is 2. The molecule has 0 fully saturated rings. The summed E-state index contributed by atoms with van der Waals surface area (Å²) in [5.74, 6) is 3.43. The van der Waals surface area contributed by atoms with Gasteiger partial charge in [0.1, 0.15) is 0 Å². The molecule has 2 N–H and O–H groups in total. The molecule has 4 rings (SSSR count). The van der Waals surface area contributed by atoms with Crippen LogP contribution in [-0.4, -0.2) is 24.3 Å². The third kappa shape index (κ3) is 5.01. The third-order valence-corrected chi connectivity index (χ3v) is 5.14. The summed E-state index contributed by atoms with van der Waals surface area (Å²) < 4.78 is 10.7. The van der Waals surface area contributed by atoms with Crippen molar-refractivity contribution in [1.82, 2.24) is 5.32 Å². The molecule has 0 unspecified atom stereocenters. The molecule has 0 bridgehead atoms. The fraction of sp³-hybridized carbons (Fsp3) is 0.304. The van der Waals surface area contributed by atoms with Gasteiger partial charge in [-0.05, 0) is 29.8 Å². The van der Waals surface area contributed by atoms with Crippen molar-refractivity contribution in [3.63, 3.8) is 0 Å². The summed E-state index contributed by atoms with van der Waals surface area (Å²) in [6.07, 6.45) is 7.25. The average Bonchev–Trinajstić information content (AvgIpc) is 3.41. The van der Waals surface area contributed by atoms with Gasteiger partial charge in [-0.2, -0.15) is 10.2 Å². The van der Waals surface area contributed by atoms with Gasteiger partial charge in [0, 0.05) is 32.2 Å². The summed E-state index contributed by atoms with van der Waals surface area (Å²) in [5.41, 5.74) is 1.22. The van der Waals surface area contributed by atoms with Crippen LogP contribution in [0, 0.1) is 12.3 Å². The molecule has 0 aromatic heterocycles. The number of terminal acetylenes is 1. The molecule has 2 aromatic rings. The van der Waals surface area contributed by atoms with Gasteiger partial charge in [0.15, 0.2) is 17.2 Å². The highest BCUT2D eigenvalue weighted by atomic mass is 16.7. The van der Waals surface area contributed by atoms with Crippen LogP contribution in [0.3, 0.4) is 0 Å². The molecule has 2 heterocycles. The maximum absolute atomic E-state index is 12.7. The highest BCUT2D eigenvalue weighted by Gasteiger charge is 2.39. The molecule has 2 aliphatic rings. The van der Waals surface area contributed by atoms with E-state index in [1.807, 2.05) is 18.2 Å². The first-order valence-electron chi connectivity index (χ1n) is 10.0. The van der Waals surface area contributed by atoms with Crippen molar-refractivity contribution in [2.24, 2.45) is 10.2 Å². The summed E-state index contributed by atoms with van der Waals surface area (Å²) in [6, 6.07) is 12.4. The minimum Gasteiger partial charge on any atom is -0.454 e. The molecule has 0 aliphatic carbocycles. The second kappa shape index (κ2) is 8.88. The molecule has 0 saturated carbocycles. The minimum atomic E-state index is -0.509. The maximum atomic E-state index is 12.7. The zero-order valence-electron chi connectivity index (χ0n) is 16.9. The van der Waals surface area contributed by atoms with E-state index in [4.69, 9.17) is 15.9 Å². The van der Waals surface area contributed by atoms with Crippen LogP contribution in [0.4, 0.5) is 5.69 Å². The third-order valence-electron chi connectivity index (χ3n) is 5.14. The Kier molecular flexibility index (Phi) is 5.85. The van der Waals surface area contributed by atoms with Gasteiger partial charge in [0.2, 0.25) is 12.7 Å². The molecular formula is C23H22N4O4. The molecule has 2 amide bonds. The molecule has 158 valence electrons. The molecule has 0 atom stereocenters. The first kappa shape index (κ1) is 20.4. The van der Waals surface area contributed by atoms with Crippen molar-refractivity contribution < 1.29 is 19.1 Å². The van der Waals surface area contributed by atoms with Crippen LogP contribution in [0.25, 0.3) is 0 Å². The van der Waals surface area contributed by atoms with Crippen LogP contribution in [0.1, 0.15) is 41.6 Å². The second-order valence-corrected chi connectivity index (χ2v) is 7.35. The van der Waals surface area contributed by atoms with E-state index in [9.17, 15) is 9.59 Å². The Labute approximate surface area is 180 Å². The van der Waals surface area contributed by atoms with Crippen LogP contribution in [-0.2, 0) is 11.3 Å². The fourth-order valence-corrected chi connectivity index (χ4v) is 3.31. The number of nitrogens with zero attached hydrogens (tertiary/aromatic N) is 2. The summed E-state index contributed by atoms with van der Waals surface area (Å²) >= 11 is 0. The topological polar surface area (TPSA) is 101 Å². The summed E-state index contributed by atoms with van der Waals surface area (Å²) in [7, 11) is 0. The normalized spacial score (nSPS) is 14.5. The number of amides is 2. The van der Waals surface area contributed by atoms with Crippen LogP contribution in [0.15, 0.2) is 52.7 Å². The zero-order chi connectivity index (χ0) is 21.7. The maximum Gasteiger partial charge on any atom is 0.253 e. The highest BCUT2D eigenvalue weighted by molar-refractivity contribution is 6.03. The van der Waals surface area contributed by atoms with Crippen molar-refractivity contribution in [3.05, 3.63) is 53.6 Å². The van der Waals surface area contributed by atoms with Crippen molar-refractivity contribution >= 4 is 17.5 Å². The largest absolute Gasteiger partial charge is 0.454 e. The van der Waals surface area contributed by atoms with E-state index in [0.29, 0.717) is 48.6 Å². The molecule has 0 radical (unpaired) electrons. The highest BCUT2D eigenvalue weighted by Crippen LogP contribution is 2.37. The van der Waals surface area contributed by atoms with Gasteiger partial charge in [0.25, 0.3) is 5.91 Å². The number of para-hydroxylation sites is 1. The van der Waals surface area contributed by atoms with Crippen LogP contribution in [0.5, 0.6) is 11.5 Å². The summed E-state index contributed by atoms with van der Waals surface area (Å²) in [6.45, 7) is 0.518. The Hall–Kier alpha value is -3.86. The molecule has 2 aromatic carbocycles. The average molecular weight is 418 g/mol. The van der Waals surface area contributed by atoms with Crippen molar-refractivity contribution in [2.75, 3.05) is 12.1 Å². The van der Waals surface area contributed by atoms with Gasteiger partial charge in [0.05, 0.1) is 11.3 Å². The molecular weight excluding hydrogens is 396 g/mol. The number of hydrogen-bond acceptors (Lipinski definition) is 6. The van der Waals surface area contributed by atoms with Crippen LogP contribution in [0.2, 0.25) is 0 Å². The number of carbonyl (C=O) groups is 2. The van der Waals surface area contributed by atoms with E-state index in [0.717, 1.165) is 5.56 Å². The molecule has 31 heavy (non-hydrogen) atoms. The van der Waals surface area contributed by atoms with E-state index in [1.54, 1.807) is 24.3 Å². The van der Waals surface area contributed by atoms with Gasteiger partial charge < -0.3 is 20.1 Å². The number of carbonyl (C=O) groups excluding carboxylic acids is 2. The number of anilines is 1. The van der Waals surface area contributed by atoms with Gasteiger partial charge >= 0.3 is 0 Å². The monoisotopic (exact) mass is 418 g/mol. The number of nitrogens with one attached hydrogen (secondary N) is 2. The van der Waals surface area contributed by atoms with Gasteiger partial charge in [-0.1, -0.05) is 18.2 Å². The number of benzene rings is 2. The van der Waals surface area contributed by atoms with Crippen LogP contribution >= 0.6 is 0 Å². The Morgan fingerprint density at radius 1 is 1.10 bits per heavy atom. The van der Waals surface area contributed by atoms with E-state index in [1.165, 1.54) is 0 Å².